The van der Waals surface area contributed by atoms with E-state index in [1.54, 1.807) is 30.5 Å². The van der Waals surface area contributed by atoms with Gasteiger partial charge in [-0.15, -0.1) is 0 Å². The largest absolute Gasteiger partial charge is 0.478 e. The molecule has 0 unspecified atom stereocenters. The van der Waals surface area contributed by atoms with Crippen LogP contribution >= 0.6 is 0 Å². The molecule has 3 rings (SSSR count). The van der Waals surface area contributed by atoms with Crippen LogP contribution in [0, 0.1) is 0 Å². The molecule has 2 heterocycles. The molecule has 3 aromatic rings. The minimum Gasteiger partial charge on any atom is -0.478 e. The minimum absolute atomic E-state index is 0.0548. The number of carboxylic acid groups (broad SMARTS) is 1. The predicted octanol–water partition coefficient (Wildman–Crippen LogP) is 2.49. The van der Waals surface area contributed by atoms with Crippen molar-refractivity contribution < 1.29 is 14.7 Å². The number of rotatable bonds is 3. The maximum atomic E-state index is 12.4. The topological polar surface area (TPSA) is 83.0 Å². The van der Waals surface area contributed by atoms with E-state index >= 15 is 0 Å². The normalized spacial score (nSPS) is 10.6. The fourth-order valence-corrected chi connectivity index (χ4v) is 2.05. The Balaban J connectivity index is 2.14. The molecule has 0 spiro atoms. The van der Waals surface area contributed by atoms with Crippen molar-refractivity contribution in [2.45, 2.75) is 0 Å². The Bertz CT molecular complexity index is 806. The lowest BCUT2D eigenvalue weighted by Crippen LogP contribution is -2.01. The molecule has 0 aliphatic heterocycles. The average Bonchev–Trinajstić information content (AvgIpc) is 2.90. The summed E-state index contributed by atoms with van der Waals surface area (Å²) < 4.78 is 0. The molecule has 1 aromatic carbocycles. The highest BCUT2D eigenvalue weighted by Gasteiger charge is 2.16. The van der Waals surface area contributed by atoms with Gasteiger partial charge in [0.15, 0.2) is 5.78 Å². The van der Waals surface area contributed by atoms with Crippen molar-refractivity contribution in [1.82, 2.24) is 9.97 Å². The van der Waals surface area contributed by atoms with Gasteiger partial charge in [-0.3, -0.25) is 4.79 Å². The minimum atomic E-state index is -1.07. The Morgan fingerprint density at radius 1 is 1.10 bits per heavy atom. The molecular weight excluding hydrogens is 256 g/mol. The van der Waals surface area contributed by atoms with Crippen molar-refractivity contribution in [3.05, 3.63) is 65.5 Å². The van der Waals surface area contributed by atoms with E-state index in [1.807, 2.05) is 6.07 Å². The highest BCUT2D eigenvalue weighted by molar-refractivity contribution is 6.16. The molecular formula is C15H10N2O3. The first-order chi connectivity index (χ1) is 9.66. The molecule has 0 aliphatic rings. The Hall–Kier alpha value is -2.95. The molecule has 2 aromatic heterocycles. The van der Waals surface area contributed by atoms with Gasteiger partial charge in [-0.05, 0) is 6.07 Å². The standard InChI is InChI=1S/C15H10N2O3/c18-13(9-4-2-1-3-5-9)12-8-17-14-11(12)6-10(7-16-14)15(19)20/h1-8H,(H,16,17)(H,19,20). The van der Waals surface area contributed by atoms with Crippen LogP contribution in [0.1, 0.15) is 26.3 Å². The summed E-state index contributed by atoms with van der Waals surface area (Å²) in [5.74, 6) is -1.24. The molecule has 0 atom stereocenters. The fourth-order valence-electron chi connectivity index (χ4n) is 2.05. The molecule has 5 nitrogen and oxygen atoms in total. The second-order valence-corrected chi connectivity index (χ2v) is 4.32. The molecule has 0 saturated carbocycles. The van der Waals surface area contributed by atoms with Crippen molar-refractivity contribution in [3.8, 4) is 0 Å². The monoisotopic (exact) mass is 266 g/mol. The van der Waals surface area contributed by atoms with Crippen LogP contribution in [0.5, 0.6) is 0 Å². The van der Waals surface area contributed by atoms with E-state index < -0.39 is 5.97 Å². The Morgan fingerprint density at radius 2 is 1.85 bits per heavy atom. The third-order valence-corrected chi connectivity index (χ3v) is 3.06. The van der Waals surface area contributed by atoms with Gasteiger partial charge in [0.25, 0.3) is 0 Å². The van der Waals surface area contributed by atoms with Gasteiger partial charge >= 0.3 is 5.97 Å². The summed E-state index contributed by atoms with van der Waals surface area (Å²) in [4.78, 5) is 30.3. The predicted molar refractivity (Wildman–Crippen MR) is 72.9 cm³/mol. The van der Waals surface area contributed by atoms with E-state index in [1.165, 1.54) is 12.3 Å². The smallest absolute Gasteiger partial charge is 0.337 e. The lowest BCUT2D eigenvalue weighted by molar-refractivity contribution is 0.0696. The van der Waals surface area contributed by atoms with Crippen LogP contribution in [0.3, 0.4) is 0 Å². The van der Waals surface area contributed by atoms with Crippen LogP contribution in [0.15, 0.2) is 48.8 Å². The number of nitrogens with one attached hydrogen (secondary N) is 1. The highest BCUT2D eigenvalue weighted by atomic mass is 16.4. The first-order valence-corrected chi connectivity index (χ1v) is 5.97. The van der Waals surface area contributed by atoms with E-state index in [0.29, 0.717) is 22.2 Å². The molecule has 98 valence electrons. The van der Waals surface area contributed by atoms with Crippen molar-refractivity contribution in [2.75, 3.05) is 0 Å². The van der Waals surface area contributed by atoms with Crippen molar-refractivity contribution in [2.24, 2.45) is 0 Å². The first-order valence-electron chi connectivity index (χ1n) is 5.97. The Labute approximate surface area is 113 Å². The van der Waals surface area contributed by atoms with Crippen molar-refractivity contribution in [3.63, 3.8) is 0 Å². The number of ketones is 1. The number of fused-ring (bicyclic) bond motifs is 1. The summed E-state index contributed by atoms with van der Waals surface area (Å²) in [6.07, 6.45) is 2.82. The average molecular weight is 266 g/mol. The van der Waals surface area contributed by atoms with E-state index in [-0.39, 0.29) is 11.3 Å². The summed E-state index contributed by atoms with van der Waals surface area (Å²) in [7, 11) is 0. The number of hydrogen-bond donors (Lipinski definition) is 2. The second kappa shape index (κ2) is 4.62. The number of benzene rings is 1. The van der Waals surface area contributed by atoms with Gasteiger partial charge in [0, 0.05) is 28.9 Å². The molecule has 0 amide bonds. The van der Waals surface area contributed by atoms with Gasteiger partial charge < -0.3 is 10.1 Å². The second-order valence-electron chi connectivity index (χ2n) is 4.32. The number of aromatic amines is 1. The number of aromatic carboxylic acids is 1. The summed E-state index contributed by atoms with van der Waals surface area (Å²) >= 11 is 0. The number of carbonyl (C=O) groups excluding carboxylic acids is 1. The van der Waals surface area contributed by atoms with Crippen molar-refractivity contribution in [1.29, 1.82) is 0 Å². The van der Waals surface area contributed by atoms with Gasteiger partial charge in [0.05, 0.1) is 5.56 Å². The van der Waals surface area contributed by atoms with Crippen LogP contribution in [0.4, 0.5) is 0 Å². The lowest BCUT2D eigenvalue weighted by atomic mass is 10.0. The van der Waals surface area contributed by atoms with Crippen LogP contribution in [0.25, 0.3) is 11.0 Å². The molecule has 2 N–H and O–H groups in total. The zero-order chi connectivity index (χ0) is 14.1. The third-order valence-electron chi connectivity index (χ3n) is 3.06. The van der Waals surface area contributed by atoms with Gasteiger partial charge in [-0.1, -0.05) is 30.3 Å². The van der Waals surface area contributed by atoms with Gasteiger partial charge in [0.1, 0.15) is 5.65 Å². The number of H-pyrrole nitrogens is 1. The van der Waals surface area contributed by atoms with Crippen LogP contribution < -0.4 is 0 Å². The zero-order valence-electron chi connectivity index (χ0n) is 10.3. The molecule has 0 radical (unpaired) electrons. The van der Waals surface area contributed by atoms with Gasteiger partial charge in [-0.2, -0.15) is 0 Å². The van der Waals surface area contributed by atoms with Gasteiger partial charge in [0.2, 0.25) is 0 Å². The molecule has 0 bridgehead atoms. The maximum Gasteiger partial charge on any atom is 0.337 e. The van der Waals surface area contributed by atoms with Crippen LogP contribution in [0.2, 0.25) is 0 Å². The quantitative estimate of drug-likeness (QED) is 0.713. The summed E-state index contributed by atoms with van der Waals surface area (Å²) in [6, 6.07) is 10.3. The number of carboxylic acids is 1. The summed E-state index contributed by atoms with van der Waals surface area (Å²) in [5, 5.41) is 9.51. The van der Waals surface area contributed by atoms with Crippen LogP contribution in [-0.4, -0.2) is 26.8 Å². The number of nitrogens with zero attached hydrogens (tertiary/aromatic N) is 1. The molecule has 5 heteroatoms. The van der Waals surface area contributed by atoms with E-state index in [9.17, 15) is 9.59 Å². The van der Waals surface area contributed by atoms with Gasteiger partial charge in [-0.25, -0.2) is 9.78 Å². The number of aromatic nitrogens is 2. The fraction of sp³-hybridized carbons (Fsp3) is 0. The number of pyridine rings is 1. The SMILES string of the molecule is O=C(O)c1cnc2[nH]cc(C(=O)c3ccccc3)c2c1. The Kier molecular flexibility index (Phi) is 2.80. The van der Waals surface area contributed by atoms with Crippen molar-refractivity contribution >= 4 is 22.8 Å². The third kappa shape index (κ3) is 1.95. The summed E-state index contributed by atoms with van der Waals surface area (Å²) in [6.45, 7) is 0. The number of hydrogen-bond acceptors (Lipinski definition) is 3. The molecule has 0 fully saturated rings. The maximum absolute atomic E-state index is 12.4. The van der Waals surface area contributed by atoms with E-state index in [0.717, 1.165) is 0 Å². The number of carbonyl (C=O) groups is 2. The van der Waals surface area contributed by atoms with E-state index in [4.69, 9.17) is 5.11 Å². The Morgan fingerprint density at radius 3 is 2.55 bits per heavy atom. The highest BCUT2D eigenvalue weighted by Crippen LogP contribution is 2.21. The lowest BCUT2D eigenvalue weighted by Gasteiger charge is -2.00. The molecule has 20 heavy (non-hydrogen) atoms. The molecule has 0 aliphatic carbocycles. The zero-order valence-corrected chi connectivity index (χ0v) is 10.3. The summed E-state index contributed by atoms with van der Waals surface area (Å²) in [5.41, 5.74) is 1.52. The van der Waals surface area contributed by atoms with E-state index in [2.05, 4.69) is 9.97 Å². The first kappa shape index (κ1) is 12.1. The molecule has 0 saturated heterocycles. The van der Waals surface area contributed by atoms with Crippen LogP contribution in [-0.2, 0) is 0 Å².